The Morgan fingerprint density at radius 3 is 2.70 bits per heavy atom. The molecule has 1 aromatic rings. The molecule has 1 aliphatic rings. The molecule has 6 heteroatoms. The van der Waals surface area contributed by atoms with Gasteiger partial charge in [-0.05, 0) is 33.1 Å². The molecule has 0 spiro atoms. The molecule has 1 aliphatic carbocycles. The van der Waals surface area contributed by atoms with Crippen LogP contribution < -0.4 is 15.8 Å². The molecule has 0 unspecified atom stereocenters. The molecule has 0 radical (unpaired) electrons. The van der Waals surface area contributed by atoms with Crippen LogP contribution in [0.2, 0.25) is 0 Å². The van der Waals surface area contributed by atoms with E-state index in [-0.39, 0.29) is 6.10 Å². The van der Waals surface area contributed by atoms with Crippen molar-refractivity contribution in [1.29, 1.82) is 0 Å². The van der Waals surface area contributed by atoms with Gasteiger partial charge < -0.3 is 20.5 Å². The van der Waals surface area contributed by atoms with Crippen molar-refractivity contribution >= 4 is 11.5 Å². The molecule has 1 heterocycles. The minimum atomic E-state index is 0.265. The zero-order chi connectivity index (χ0) is 14.5. The highest BCUT2D eigenvalue weighted by Crippen LogP contribution is 2.40. The lowest BCUT2D eigenvalue weighted by atomic mass is 10.3. The maximum absolute atomic E-state index is 6.00. The largest absolute Gasteiger partial charge is 0.479 e. The normalized spacial score (nSPS) is 14.6. The van der Waals surface area contributed by atoms with Crippen LogP contribution in [0.3, 0.4) is 0 Å². The first-order valence-electron chi connectivity index (χ1n) is 7.18. The summed E-state index contributed by atoms with van der Waals surface area (Å²) < 4.78 is 10.7. The fourth-order valence-corrected chi connectivity index (χ4v) is 1.88. The van der Waals surface area contributed by atoms with Crippen molar-refractivity contribution < 1.29 is 9.47 Å². The van der Waals surface area contributed by atoms with Crippen LogP contribution in [0.1, 0.15) is 44.9 Å². The number of nitrogens with two attached hydrogens (primary N) is 1. The van der Waals surface area contributed by atoms with Crippen molar-refractivity contribution in [2.75, 3.05) is 31.3 Å². The molecule has 1 fully saturated rings. The second-order valence-electron chi connectivity index (χ2n) is 5.33. The molecule has 0 amide bonds. The number of nitrogen functional groups attached to an aromatic ring is 1. The van der Waals surface area contributed by atoms with E-state index in [4.69, 9.17) is 15.2 Å². The van der Waals surface area contributed by atoms with Gasteiger partial charge in [0.1, 0.15) is 11.5 Å². The maximum atomic E-state index is 6.00. The Morgan fingerprint density at radius 1 is 1.35 bits per heavy atom. The van der Waals surface area contributed by atoms with Gasteiger partial charge in [-0.25, -0.2) is 4.98 Å². The quantitative estimate of drug-likeness (QED) is 0.710. The van der Waals surface area contributed by atoms with Crippen LogP contribution in [-0.2, 0) is 4.74 Å². The van der Waals surface area contributed by atoms with Crippen LogP contribution in [0.15, 0.2) is 0 Å². The summed E-state index contributed by atoms with van der Waals surface area (Å²) in [5, 5.41) is 3.25. The summed E-state index contributed by atoms with van der Waals surface area (Å²) in [6.07, 6.45) is 3.47. The number of aromatic nitrogens is 2. The van der Waals surface area contributed by atoms with Crippen molar-refractivity contribution in [2.24, 2.45) is 0 Å². The van der Waals surface area contributed by atoms with Gasteiger partial charge >= 0.3 is 0 Å². The highest BCUT2D eigenvalue weighted by molar-refractivity contribution is 5.67. The Hall–Kier alpha value is -1.56. The summed E-state index contributed by atoms with van der Waals surface area (Å²) in [6.45, 7) is 5.55. The van der Waals surface area contributed by atoms with Crippen molar-refractivity contribution in [3.8, 4) is 5.88 Å². The first kappa shape index (κ1) is 14.8. The Morgan fingerprint density at radius 2 is 2.10 bits per heavy atom. The molecule has 0 aromatic carbocycles. The monoisotopic (exact) mass is 280 g/mol. The van der Waals surface area contributed by atoms with E-state index in [2.05, 4.69) is 15.3 Å². The predicted molar refractivity (Wildman–Crippen MR) is 79.2 cm³/mol. The third-order valence-corrected chi connectivity index (χ3v) is 3.13. The number of nitrogens with one attached hydrogen (secondary N) is 1. The Kier molecular flexibility index (Phi) is 5.00. The standard InChI is InChI=1S/C14H24N4O2/c1-9(2)20-8-4-7-16-13-11(15)14(19-3)18-12(17-13)10-5-6-10/h9-10H,4-8,15H2,1-3H3,(H,16,17,18). The molecule has 0 bridgehead atoms. The topological polar surface area (TPSA) is 82.3 Å². The fourth-order valence-electron chi connectivity index (χ4n) is 1.88. The molecule has 0 atom stereocenters. The Labute approximate surface area is 120 Å². The molecule has 1 saturated carbocycles. The molecule has 6 nitrogen and oxygen atoms in total. The van der Waals surface area contributed by atoms with Gasteiger partial charge in [0.2, 0.25) is 5.88 Å². The van der Waals surface area contributed by atoms with Gasteiger partial charge in [0, 0.05) is 19.1 Å². The minimum absolute atomic E-state index is 0.265. The highest BCUT2D eigenvalue weighted by Gasteiger charge is 2.28. The van der Waals surface area contributed by atoms with Crippen molar-refractivity contribution in [1.82, 2.24) is 9.97 Å². The third kappa shape index (κ3) is 3.96. The van der Waals surface area contributed by atoms with Crippen LogP contribution in [0.25, 0.3) is 0 Å². The highest BCUT2D eigenvalue weighted by atomic mass is 16.5. The van der Waals surface area contributed by atoms with Gasteiger partial charge in [-0.15, -0.1) is 0 Å². The molecule has 20 heavy (non-hydrogen) atoms. The minimum Gasteiger partial charge on any atom is -0.479 e. The van der Waals surface area contributed by atoms with Gasteiger partial charge in [-0.3, -0.25) is 0 Å². The smallest absolute Gasteiger partial charge is 0.242 e. The summed E-state index contributed by atoms with van der Waals surface area (Å²) in [6, 6.07) is 0. The lowest BCUT2D eigenvalue weighted by Crippen LogP contribution is -2.13. The Bertz CT molecular complexity index is 447. The van der Waals surface area contributed by atoms with Crippen LogP contribution in [0.4, 0.5) is 11.5 Å². The van der Waals surface area contributed by atoms with Gasteiger partial charge in [0.25, 0.3) is 0 Å². The van der Waals surface area contributed by atoms with Crippen molar-refractivity contribution in [3.05, 3.63) is 5.82 Å². The zero-order valence-electron chi connectivity index (χ0n) is 12.5. The SMILES string of the molecule is COc1nc(C2CC2)nc(NCCCOC(C)C)c1N. The average Bonchev–Trinajstić information content (AvgIpc) is 3.24. The van der Waals surface area contributed by atoms with Crippen molar-refractivity contribution in [2.45, 2.75) is 45.1 Å². The number of hydrogen-bond acceptors (Lipinski definition) is 6. The van der Waals surface area contributed by atoms with E-state index < -0.39 is 0 Å². The predicted octanol–water partition coefficient (Wildman–Crippen LogP) is 2.17. The number of methoxy groups -OCH3 is 1. The average molecular weight is 280 g/mol. The molecule has 2 rings (SSSR count). The van der Waals surface area contributed by atoms with E-state index in [1.54, 1.807) is 7.11 Å². The zero-order valence-corrected chi connectivity index (χ0v) is 12.5. The number of ether oxygens (including phenoxy) is 2. The number of nitrogens with zero attached hydrogens (tertiary/aromatic N) is 2. The van der Waals surface area contributed by atoms with Crippen molar-refractivity contribution in [3.63, 3.8) is 0 Å². The first-order valence-corrected chi connectivity index (χ1v) is 7.18. The summed E-state index contributed by atoms with van der Waals surface area (Å²) in [5.74, 6) is 2.43. The van der Waals surface area contributed by atoms with Crippen LogP contribution in [0.5, 0.6) is 5.88 Å². The Balaban J connectivity index is 1.93. The van der Waals surface area contributed by atoms with Gasteiger partial charge in [0.15, 0.2) is 5.82 Å². The molecule has 3 N–H and O–H groups in total. The van der Waals surface area contributed by atoms with Gasteiger partial charge in [-0.1, -0.05) is 0 Å². The van der Waals surface area contributed by atoms with E-state index in [9.17, 15) is 0 Å². The van der Waals surface area contributed by atoms with E-state index in [1.165, 1.54) is 0 Å². The molecule has 1 aromatic heterocycles. The van der Waals surface area contributed by atoms with Gasteiger partial charge in [0.05, 0.1) is 13.2 Å². The van der Waals surface area contributed by atoms with E-state index in [1.807, 2.05) is 13.8 Å². The van der Waals surface area contributed by atoms with Gasteiger partial charge in [-0.2, -0.15) is 4.98 Å². The third-order valence-electron chi connectivity index (χ3n) is 3.13. The molecule has 0 aliphatic heterocycles. The maximum Gasteiger partial charge on any atom is 0.242 e. The van der Waals surface area contributed by atoms with E-state index in [0.29, 0.717) is 23.3 Å². The summed E-state index contributed by atoms with van der Waals surface area (Å²) in [5.41, 5.74) is 6.48. The molecule has 0 saturated heterocycles. The second kappa shape index (κ2) is 6.74. The lowest BCUT2D eigenvalue weighted by molar-refractivity contribution is 0.0787. The number of hydrogen-bond donors (Lipinski definition) is 2. The molecule has 112 valence electrons. The van der Waals surface area contributed by atoms with Crippen LogP contribution in [0, 0.1) is 0 Å². The summed E-state index contributed by atoms with van der Waals surface area (Å²) in [4.78, 5) is 8.87. The lowest BCUT2D eigenvalue weighted by Gasteiger charge is -2.13. The molecular weight excluding hydrogens is 256 g/mol. The van der Waals surface area contributed by atoms with Crippen LogP contribution >= 0.6 is 0 Å². The molecular formula is C14H24N4O2. The first-order chi connectivity index (χ1) is 9.61. The van der Waals surface area contributed by atoms with Crippen LogP contribution in [-0.4, -0.2) is 36.3 Å². The second-order valence-corrected chi connectivity index (χ2v) is 5.33. The summed E-state index contributed by atoms with van der Waals surface area (Å²) >= 11 is 0. The summed E-state index contributed by atoms with van der Waals surface area (Å²) in [7, 11) is 1.58. The number of rotatable bonds is 8. The fraction of sp³-hybridized carbons (Fsp3) is 0.714. The number of anilines is 2. The van der Waals surface area contributed by atoms with E-state index >= 15 is 0 Å². The van der Waals surface area contributed by atoms with E-state index in [0.717, 1.165) is 38.2 Å².